The minimum atomic E-state index is -0.974. The molecule has 1 aromatic rings. The van der Waals surface area contributed by atoms with Crippen LogP contribution in [0.25, 0.3) is 0 Å². The van der Waals surface area contributed by atoms with Crippen LogP contribution in [0, 0.1) is 0 Å². The van der Waals surface area contributed by atoms with Crippen molar-refractivity contribution in [2.24, 2.45) is 0 Å². The molecule has 0 bridgehead atoms. The Bertz CT molecular complexity index is 430. The Hall–Kier alpha value is -1.48. The molecule has 0 aliphatic heterocycles. The third-order valence-corrected chi connectivity index (χ3v) is 2.76. The first-order chi connectivity index (χ1) is 8.97. The van der Waals surface area contributed by atoms with E-state index in [9.17, 15) is 4.79 Å². The molecule has 0 unspecified atom stereocenters. The molecule has 3 nitrogen and oxygen atoms in total. The molecule has 1 aromatic carbocycles. The highest BCUT2D eigenvalue weighted by molar-refractivity contribution is 6.33. The SMILES string of the molecule is C=CCN(c1ccc(C(=O)O)cc1Cl)C(C)C.CC. The number of carbonyl (C=O) groups is 1. The molecule has 0 aliphatic rings. The van der Waals surface area contributed by atoms with Crippen molar-refractivity contribution in [1.82, 2.24) is 0 Å². The molecule has 0 atom stereocenters. The van der Waals surface area contributed by atoms with E-state index in [1.165, 1.54) is 6.07 Å². The van der Waals surface area contributed by atoms with Gasteiger partial charge in [-0.3, -0.25) is 0 Å². The predicted molar refractivity (Wildman–Crippen MR) is 82.4 cm³/mol. The van der Waals surface area contributed by atoms with Crippen LogP contribution >= 0.6 is 11.6 Å². The van der Waals surface area contributed by atoms with Crippen molar-refractivity contribution in [3.05, 3.63) is 41.4 Å². The number of carboxylic acids is 1. The van der Waals surface area contributed by atoms with E-state index in [2.05, 4.69) is 11.5 Å². The van der Waals surface area contributed by atoms with Gasteiger partial charge in [-0.1, -0.05) is 31.5 Å². The van der Waals surface area contributed by atoms with Crippen molar-refractivity contribution < 1.29 is 9.90 Å². The zero-order valence-corrected chi connectivity index (χ0v) is 12.7. The van der Waals surface area contributed by atoms with Gasteiger partial charge in [0.2, 0.25) is 0 Å². The third-order valence-electron chi connectivity index (χ3n) is 2.45. The van der Waals surface area contributed by atoms with E-state index in [0.717, 1.165) is 5.69 Å². The second kappa shape index (κ2) is 8.59. The van der Waals surface area contributed by atoms with Crippen LogP contribution in [-0.4, -0.2) is 23.7 Å². The molecular weight excluding hydrogens is 262 g/mol. The zero-order chi connectivity index (χ0) is 15.0. The molecule has 0 aliphatic carbocycles. The molecule has 0 saturated carbocycles. The smallest absolute Gasteiger partial charge is 0.335 e. The highest BCUT2D eigenvalue weighted by atomic mass is 35.5. The molecule has 0 radical (unpaired) electrons. The number of benzene rings is 1. The lowest BCUT2D eigenvalue weighted by Gasteiger charge is -2.28. The van der Waals surface area contributed by atoms with Gasteiger partial charge in [0.15, 0.2) is 0 Å². The molecule has 19 heavy (non-hydrogen) atoms. The van der Waals surface area contributed by atoms with E-state index in [1.807, 2.05) is 27.7 Å². The standard InChI is InChI=1S/C13H16ClNO2.C2H6/c1-4-7-15(9(2)3)12-6-5-10(13(16)17)8-11(12)14;1-2/h4-6,8-9H,1,7H2,2-3H3,(H,16,17);1-2H3. The molecule has 0 heterocycles. The molecular formula is C15H22ClNO2. The summed E-state index contributed by atoms with van der Waals surface area (Å²) in [7, 11) is 0. The van der Waals surface area contributed by atoms with Crippen LogP contribution in [0.1, 0.15) is 38.1 Å². The minimum absolute atomic E-state index is 0.195. The number of halogens is 1. The zero-order valence-electron chi connectivity index (χ0n) is 12.0. The Balaban J connectivity index is 0.00000154. The van der Waals surface area contributed by atoms with Gasteiger partial charge in [-0.05, 0) is 32.0 Å². The number of hydrogen-bond donors (Lipinski definition) is 1. The number of hydrogen-bond acceptors (Lipinski definition) is 2. The van der Waals surface area contributed by atoms with Gasteiger partial charge in [-0.15, -0.1) is 6.58 Å². The van der Waals surface area contributed by atoms with Gasteiger partial charge in [-0.2, -0.15) is 0 Å². The number of rotatable bonds is 5. The van der Waals surface area contributed by atoms with E-state index in [4.69, 9.17) is 16.7 Å². The van der Waals surface area contributed by atoms with Gasteiger partial charge in [0, 0.05) is 12.6 Å². The average molecular weight is 284 g/mol. The first-order valence-electron chi connectivity index (χ1n) is 6.37. The summed E-state index contributed by atoms with van der Waals surface area (Å²) in [5, 5.41) is 9.31. The number of aromatic carboxylic acids is 1. The minimum Gasteiger partial charge on any atom is -0.478 e. The Kier molecular flexibility index (Phi) is 7.92. The van der Waals surface area contributed by atoms with Crippen molar-refractivity contribution in [2.75, 3.05) is 11.4 Å². The van der Waals surface area contributed by atoms with E-state index in [-0.39, 0.29) is 11.6 Å². The fraction of sp³-hybridized carbons (Fsp3) is 0.400. The maximum absolute atomic E-state index is 10.8. The molecule has 0 amide bonds. The summed E-state index contributed by atoms with van der Waals surface area (Å²) >= 11 is 6.11. The van der Waals surface area contributed by atoms with Crippen LogP contribution in [0.15, 0.2) is 30.9 Å². The van der Waals surface area contributed by atoms with E-state index in [0.29, 0.717) is 11.6 Å². The van der Waals surface area contributed by atoms with Gasteiger partial charge in [0.1, 0.15) is 0 Å². The van der Waals surface area contributed by atoms with E-state index < -0.39 is 5.97 Å². The van der Waals surface area contributed by atoms with Crippen molar-refractivity contribution in [3.8, 4) is 0 Å². The second-order valence-electron chi connectivity index (χ2n) is 4.01. The summed E-state index contributed by atoms with van der Waals surface area (Å²) in [5.74, 6) is -0.974. The molecule has 4 heteroatoms. The monoisotopic (exact) mass is 283 g/mol. The molecule has 0 fully saturated rings. The van der Waals surface area contributed by atoms with Crippen LogP contribution in [-0.2, 0) is 0 Å². The fourth-order valence-electron chi connectivity index (χ4n) is 1.60. The summed E-state index contributed by atoms with van der Waals surface area (Å²) in [6.45, 7) is 12.5. The Morgan fingerprint density at radius 2 is 2.05 bits per heavy atom. The van der Waals surface area contributed by atoms with Crippen LogP contribution in [0.4, 0.5) is 5.69 Å². The summed E-state index contributed by atoms with van der Waals surface area (Å²) in [6.07, 6.45) is 1.79. The lowest BCUT2D eigenvalue weighted by molar-refractivity contribution is 0.0697. The molecule has 0 aromatic heterocycles. The fourth-order valence-corrected chi connectivity index (χ4v) is 1.89. The summed E-state index contributed by atoms with van der Waals surface area (Å²) in [4.78, 5) is 12.9. The summed E-state index contributed by atoms with van der Waals surface area (Å²) in [5.41, 5.74) is 1.02. The quantitative estimate of drug-likeness (QED) is 0.811. The Morgan fingerprint density at radius 3 is 2.42 bits per heavy atom. The maximum atomic E-state index is 10.8. The van der Waals surface area contributed by atoms with Gasteiger partial charge in [-0.25, -0.2) is 4.79 Å². The van der Waals surface area contributed by atoms with Gasteiger partial charge in [0.25, 0.3) is 0 Å². The highest BCUT2D eigenvalue weighted by Crippen LogP contribution is 2.28. The second-order valence-corrected chi connectivity index (χ2v) is 4.41. The topological polar surface area (TPSA) is 40.5 Å². The molecule has 1 N–H and O–H groups in total. The number of nitrogens with zero attached hydrogens (tertiary/aromatic N) is 1. The summed E-state index contributed by atoms with van der Waals surface area (Å²) < 4.78 is 0. The van der Waals surface area contributed by atoms with Crippen LogP contribution in [0.2, 0.25) is 5.02 Å². The molecule has 1 rings (SSSR count). The van der Waals surface area contributed by atoms with Crippen molar-refractivity contribution in [1.29, 1.82) is 0 Å². The lowest BCUT2D eigenvalue weighted by Crippen LogP contribution is -2.31. The normalized spacial score (nSPS) is 9.58. The molecule has 0 spiro atoms. The van der Waals surface area contributed by atoms with Gasteiger partial charge >= 0.3 is 5.97 Å². The first-order valence-corrected chi connectivity index (χ1v) is 6.75. The van der Waals surface area contributed by atoms with Crippen molar-refractivity contribution >= 4 is 23.3 Å². The average Bonchev–Trinajstić information content (AvgIpc) is 2.38. The van der Waals surface area contributed by atoms with E-state index in [1.54, 1.807) is 18.2 Å². The molecule has 106 valence electrons. The van der Waals surface area contributed by atoms with Gasteiger partial charge < -0.3 is 10.0 Å². The molecule has 0 saturated heterocycles. The van der Waals surface area contributed by atoms with Crippen molar-refractivity contribution in [3.63, 3.8) is 0 Å². The Morgan fingerprint density at radius 1 is 1.47 bits per heavy atom. The summed E-state index contributed by atoms with van der Waals surface area (Å²) in [6, 6.07) is 5.02. The van der Waals surface area contributed by atoms with Crippen LogP contribution < -0.4 is 4.90 Å². The highest BCUT2D eigenvalue weighted by Gasteiger charge is 2.14. The van der Waals surface area contributed by atoms with E-state index >= 15 is 0 Å². The lowest BCUT2D eigenvalue weighted by atomic mass is 10.1. The van der Waals surface area contributed by atoms with Crippen LogP contribution in [0.3, 0.4) is 0 Å². The number of anilines is 1. The van der Waals surface area contributed by atoms with Crippen LogP contribution in [0.5, 0.6) is 0 Å². The Labute approximate surface area is 120 Å². The van der Waals surface area contributed by atoms with Crippen molar-refractivity contribution in [2.45, 2.75) is 33.7 Å². The third kappa shape index (κ3) is 4.95. The largest absolute Gasteiger partial charge is 0.478 e. The first kappa shape index (κ1) is 17.5. The van der Waals surface area contributed by atoms with Gasteiger partial charge in [0.05, 0.1) is 16.3 Å². The number of carboxylic acid groups (broad SMARTS) is 1. The predicted octanol–water partition coefficient (Wildman–Crippen LogP) is 4.47. The maximum Gasteiger partial charge on any atom is 0.335 e.